The number of ether oxygens (including phenoxy) is 2. The van der Waals surface area contributed by atoms with E-state index in [4.69, 9.17) is 9.47 Å². The summed E-state index contributed by atoms with van der Waals surface area (Å²) in [6, 6.07) is 18.9. The molecule has 0 aromatic heterocycles. The van der Waals surface area contributed by atoms with Crippen LogP contribution in [0.15, 0.2) is 60.7 Å². The molecule has 1 N–H and O–H groups in total. The van der Waals surface area contributed by atoms with E-state index in [9.17, 15) is 14.7 Å². The van der Waals surface area contributed by atoms with Gasteiger partial charge in [-0.2, -0.15) is 0 Å². The molecule has 0 saturated carbocycles. The maximum absolute atomic E-state index is 13.7. The SMILES string of the molecule is CCOC(=O)CCN1C(=O)[C@@]2([C@H](c3ccccc3)O[C@@H](CC)[C@@H]2O)[C@H]1c1ccccc1. The summed E-state index contributed by atoms with van der Waals surface area (Å²) in [7, 11) is 0. The van der Waals surface area contributed by atoms with Gasteiger partial charge >= 0.3 is 5.97 Å². The Labute approximate surface area is 182 Å². The number of aliphatic hydroxyl groups excluding tert-OH is 1. The number of hydrogen-bond donors (Lipinski definition) is 1. The molecular formula is C25H29NO5. The maximum atomic E-state index is 13.7. The normalized spacial score (nSPS) is 29.8. The first-order valence-corrected chi connectivity index (χ1v) is 11.0. The lowest BCUT2D eigenvalue weighted by Crippen LogP contribution is -2.69. The van der Waals surface area contributed by atoms with E-state index in [1.54, 1.807) is 11.8 Å². The Morgan fingerprint density at radius 1 is 1.06 bits per heavy atom. The molecule has 0 unspecified atom stereocenters. The van der Waals surface area contributed by atoms with Gasteiger partial charge in [-0.3, -0.25) is 9.59 Å². The Morgan fingerprint density at radius 3 is 2.26 bits per heavy atom. The predicted molar refractivity (Wildman–Crippen MR) is 115 cm³/mol. The fraction of sp³-hybridized carbons (Fsp3) is 0.440. The minimum absolute atomic E-state index is 0.114. The number of nitrogens with zero attached hydrogens (tertiary/aromatic N) is 1. The van der Waals surface area contributed by atoms with Gasteiger partial charge in [0.1, 0.15) is 11.5 Å². The van der Waals surface area contributed by atoms with Crippen molar-refractivity contribution in [2.75, 3.05) is 13.2 Å². The van der Waals surface area contributed by atoms with Crippen molar-refractivity contribution in [3.05, 3.63) is 71.8 Å². The van der Waals surface area contributed by atoms with E-state index in [1.807, 2.05) is 67.6 Å². The smallest absolute Gasteiger partial charge is 0.307 e. The van der Waals surface area contributed by atoms with Crippen molar-refractivity contribution < 1.29 is 24.2 Å². The molecule has 31 heavy (non-hydrogen) atoms. The van der Waals surface area contributed by atoms with Gasteiger partial charge in [-0.05, 0) is 24.5 Å². The van der Waals surface area contributed by atoms with Crippen LogP contribution in [-0.4, -0.2) is 47.2 Å². The molecule has 4 rings (SSSR count). The summed E-state index contributed by atoms with van der Waals surface area (Å²) in [5, 5.41) is 11.4. The Balaban J connectivity index is 1.76. The predicted octanol–water partition coefficient (Wildman–Crippen LogP) is 3.42. The monoisotopic (exact) mass is 423 g/mol. The summed E-state index contributed by atoms with van der Waals surface area (Å²) in [6.07, 6.45) is -1.23. The summed E-state index contributed by atoms with van der Waals surface area (Å²) in [6.45, 7) is 4.26. The minimum Gasteiger partial charge on any atom is -0.466 e. The zero-order valence-corrected chi connectivity index (χ0v) is 17.9. The lowest BCUT2D eigenvalue weighted by Gasteiger charge is -2.57. The first-order chi connectivity index (χ1) is 15.1. The highest BCUT2D eigenvalue weighted by Gasteiger charge is 2.73. The van der Waals surface area contributed by atoms with Crippen LogP contribution in [-0.2, 0) is 19.1 Å². The number of amides is 1. The molecule has 164 valence electrons. The van der Waals surface area contributed by atoms with Crippen molar-refractivity contribution in [3.63, 3.8) is 0 Å². The van der Waals surface area contributed by atoms with Gasteiger partial charge in [0.15, 0.2) is 0 Å². The minimum atomic E-state index is -1.13. The van der Waals surface area contributed by atoms with Crippen molar-refractivity contribution in [1.29, 1.82) is 0 Å². The molecule has 6 heteroatoms. The van der Waals surface area contributed by atoms with Gasteiger partial charge in [-0.1, -0.05) is 67.6 Å². The molecule has 0 bridgehead atoms. The van der Waals surface area contributed by atoms with Crippen LogP contribution in [0.3, 0.4) is 0 Å². The molecule has 6 nitrogen and oxygen atoms in total. The molecule has 2 saturated heterocycles. The highest BCUT2D eigenvalue weighted by Crippen LogP contribution is 2.64. The summed E-state index contributed by atoms with van der Waals surface area (Å²) < 4.78 is 11.4. The average Bonchev–Trinajstić information content (AvgIpc) is 3.11. The third-order valence-electron chi connectivity index (χ3n) is 6.46. The van der Waals surface area contributed by atoms with E-state index < -0.39 is 29.8 Å². The second-order valence-electron chi connectivity index (χ2n) is 8.12. The first-order valence-electron chi connectivity index (χ1n) is 11.0. The second kappa shape index (κ2) is 8.81. The van der Waals surface area contributed by atoms with Crippen molar-refractivity contribution in [3.8, 4) is 0 Å². The zero-order valence-electron chi connectivity index (χ0n) is 17.9. The number of rotatable bonds is 7. The Morgan fingerprint density at radius 2 is 1.68 bits per heavy atom. The van der Waals surface area contributed by atoms with E-state index in [0.29, 0.717) is 13.0 Å². The van der Waals surface area contributed by atoms with E-state index >= 15 is 0 Å². The molecule has 2 heterocycles. The van der Waals surface area contributed by atoms with Crippen LogP contribution in [0.5, 0.6) is 0 Å². The van der Waals surface area contributed by atoms with Crippen LogP contribution in [0.4, 0.5) is 0 Å². The van der Waals surface area contributed by atoms with Crippen LogP contribution in [0, 0.1) is 5.41 Å². The molecule has 5 atom stereocenters. The third kappa shape index (κ3) is 3.44. The highest BCUT2D eigenvalue weighted by atomic mass is 16.5. The summed E-state index contributed by atoms with van der Waals surface area (Å²) in [5.41, 5.74) is 0.668. The van der Waals surface area contributed by atoms with Gasteiger partial charge in [0.05, 0.1) is 31.3 Å². The van der Waals surface area contributed by atoms with Crippen molar-refractivity contribution in [2.24, 2.45) is 5.41 Å². The molecule has 1 spiro atoms. The van der Waals surface area contributed by atoms with Crippen LogP contribution in [0.2, 0.25) is 0 Å². The Bertz CT molecular complexity index is 918. The fourth-order valence-electron chi connectivity index (χ4n) is 5.11. The number of hydrogen-bond acceptors (Lipinski definition) is 5. The van der Waals surface area contributed by atoms with Crippen LogP contribution >= 0.6 is 0 Å². The Hall–Kier alpha value is -2.70. The lowest BCUT2D eigenvalue weighted by molar-refractivity contribution is -0.193. The number of aliphatic hydroxyl groups is 1. The van der Waals surface area contributed by atoms with Crippen molar-refractivity contribution >= 4 is 11.9 Å². The highest BCUT2D eigenvalue weighted by molar-refractivity contribution is 5.93. The average molecular weight is 424 g/mol. The van der Waals surface area contributed by atoms with E-state index in [1.165, 1.54) is 0 Å². The molecule has 2 aliphatic rings. The molecular weight excluding hydrogens is 394 g/mol. The van der Waals surface area contributed by atoms with Gasteiger partial charge in [0.2, 0.25) is 5.91 Å². The summed E-state index contributed by atoms with van der Waals surface area (Å²) in [5.74, 6) is -0.514. The fourth-order valence-corrected chi connectivity index (χ4v) is 5.11. The van der Waals surface area contributed by atoms with E-state index in [-0.39, 0.29) is 24.8 Å². The number of likely N-dealkylation sites (tertiary alicyclic amines) is 1. The van der Waals surface area contributed by atoms with E-state index in [0.717, 1.165) is 11.1 Å². The molecule has 2 aromatic rings. The quantitative estimate of drug-likeness (QED) is 0.546. The van der Waals surface area contributed by atoms with Crippen molar-refractivity contribution in [2.45, 2.75) is 51.0 Å². The topological polar surface area (TPSA) is 76.1 Å². The van der Waals surface area contributed by atoms with Gasteiger partial charge in [-0.25, -0.2) is 0 Å². The lowest BCUT2D eigenvalue weighted by atomic mass is 9.60. The number of carbonyl (C=O) groups is 2. The van der Waals surface area contributed by atoms with Crippen LogP contribution in [0.25, 0.3) is 0 Å². The second-order valence-corrected chi connectivity index (χ2v) is 8.12. The number of β-lactam (4-membered cyclic amide) rings is 1. The van der Waals surface area contributed by atoms with Crippen molar-refractivity contribution in [1.82, 2.24) is 4.90 Å². The molecule has 0 radical (unpaired) electrons. The molecule has 2 aromatic carbocycles. The summed E-state index contributed by atoms with van der Waals surface area (Å²) >= 11 is 0. The third-order valence-corrected chi connectivity index (χ3v) is 6.46. The largest absolute Gasteiger partial charge is 0.466 e. The molecule has 1 amide bonds. The number of carbonyl (C=O) groups excluding carboxylic acids is 2. The van der Waals surface area contributed by atoms with Gasteiger partial charge in [0, 0.05) is 6.54 Å². The molecule has 2 fully saturated rings. The Kier molecular flexibility index (Phi) is 6.12. The van der Waals surface area contributed by atoms with Gasteiger partial charge in [-0.15, -0.1) is 0 Å². The van der Waals surface area contributed by atoms with Gasteiger partial charge < -0.3 is 19.5 Å². The number of benzene rings is 2. The maximum Gasteiger partial charge on any atom is 0.307 e. The van der Waals surface area contributed by atoms with Crippen LogP contribution < -0.4 is 0 Å². The van der Waals surface area contributed by atoms with E-state index in [2.05, 4.69) is 0 Å². The zero-order chi connectivity index (χ0) is 22.0. The number of esters is 1. The first kappa shape index (κ1) is 21.5. The summed E-state index contributed by atoms with van der Waals surface area (Å²) in [4.78, 5) is 27.4. The molecule has 0 aliphatic carbocycles. The van der Waals surface area contributed by atoms with Gasteiger partial charge in [0.25, 0.3) is 0 Å². The molecule has 2 aliphatic heterocycles. The standard InChI is InChI=1S/C25H29NO5/c1-3-19-22(28)25(23(31-19)18-13-9-6-10-14-18)21(17-11-7-5-8-12-17)26(24(25)29)16-15-20(27)30-4-2/h5-14,19,21-23,28H,3-4,15-16H2,1-2H3/t19-,21+,22-,23-,25-/m0/s1. The van der Waals surface area contributed by atoms with Crippen LogP contribution in [0.1, 0.15) is 50.0 Å².